The van der Waals surface area contributed by atoms with E-state index in [2.05, 4.69) is 10.6 Å². The van der Waals surface area contributed by atoms with Crippen molar-refractivity contribution in [1.29, 1.82) is 0 Å². The third-order valence-corrected chi connectivity index (χ3v) is 3.15. The monoisotopic (exact) mass is 276 g/mol. The van der Waals surface area contributed by atoms with E-state index >= 15 is 0 Å². The molecular weight excluding hydrogens is 256 g/mol. The molecule has 2 aromatic heterocycles. The molecular formula is C15H20N2O3. The second-order valence-corrected chi connectivity index (χ2v) is 4.83. The second-order valence-electron chi connectivity index (χ2n) is 4.83. The molecule has 0 spiro atoms. The second kappa shape index (κ2) is 6.43. The molecule has 20 heavy (non-hydrogen) atoms. The number of furan rings is 2. The van der Waals surface area contributed by atoms with Crippen LogP contribution in [0.25, 0.3) is 0 Å². The first-order valence-corrected chi connectivity index (χ1v) is 6.65. The average molecular weight is 276 g/mol. The number of carbonyl (C=O) groups is 1. The molecule has 1 atom stereocenters. The molecule has 0 saturated carbocycles. The first-order valence-electron chi connectivity index (χ1n) is 6.65. The maximum Gasteiger partial charge on any atom is 0.234 e. The molecule has 0 aliphatic rings. The Hall–Kier alpha value is -2.01. The number of hydrogen-bond donors (Lipinski definition) is 2. The number of carbonyl (C=O) groups excluding carboxylic acids is 1. The minimum Gasteiger partial charge on any atom is -0.467 e. The van der Waals surface area contributed by atoms with Gasteiger partial charge >= 0.3 is 0 Å². The molecule has 108 valence electrons. The van der Waals surface area contributed by atoms with E-state index in [-0.39, 0.29) is 18.5 Å². The fourth-order valence-corrected chi connectivity index (χ4v) is 2.10. The molecule has 2 aromatic rings. The number of hydrogen-bond acceptors (Lipinski definition) is 4. The minimum absolute atomic E-state index is 0.0638. The standard InChI is InChI=1S/C15H20N2O3/c1-10-7-14(12(3)20-10)11(2)16-9-15(18)17-8-13-5-4-6-19-13/h4-7,11,16H,8-9H2,1-3H3,(H,17,18)/t11-/m0/s1. The lowest BCUT2D eigenvalue weighted by atomic mass is 10.1. The molecule has 0 saturated heterocycles. The summed E-state index contributed by atoms with van der Waals surface area (Å²) in [5.41, 5.74) is 1.08. The van der Waals surface area contributed by atoms with Crippen molar-refractivity contribution in [3.05, 3.63) is 47.3 Å². The summed E-state index contributed by atoms with van der Waals surface area (Å²) in [6, 6.07) is 5.69. The average Bonchev–Trinajstić information content (AvgIpc) is 3.03. The van der Waals surface area contributed by atoms with Crippen LogP contribution in [-0.2, 0) is 11.3 Å². The van der Waals surface area contributed by atoms with Crippen molar-refractivity contribution in [2.45, 2.75) is 33.4 Å². The summed E-state index contributed by atoms with van der Waals surface area (Å²) in [4.78, 5) is 11.7. The largest absolute Gasteiger partial charge is 0.467 e. The topological polar surface area (TPSA) is 67.4 Å². The number of aryl methyl sites for hydroxylation is 2. The van der Waals surface area contributed by atoms with E-state index in [9.17, 15) is 4.79 Å². The van der Waals surface area contributed by atoms with Crippen molar-refractivity contribution in [3.63, 3.8) is 0 Å². The zero-order valence-corrected chi connectivity index (χ0v) is 12.0. The molecule has 2 rings (SSSR count). The number of amides is 1. The van der Waals surface area contributed by atoms with Gasteiger partial charge in [0.25, 0.3) is 0 Å². The van der Waals surface area contributed by atoms with Gasteiger partial charge in [0.05, 0.1) is 19.4 Å². The van der Waals surface area contributed by atoms with Crippen molar-refractivity contribution < 1.29 is 13.6 Å². The van der Waals surface area contributed by atoms with Gasteiger partial charge in [-0.1, -0.05) is 0 Å². The summed E-state index contributed by atoms with van der Waals surface area (Å²) < 4.78 is 10.6. The highest BCUT2D eigenvalue weighted by Gasteiger charge is 2.13. The Morgan fingerprint density at radius 3 is 2.80 bits per heavy atom. The number of rotatable bonds is 6. The van der Waals surface area contributed by atoms with Crippen LogP contribution >= 0.6 is 0 Å². The molecule has 0 radical (unpaired) electrons. The zero-order chi connectivity index (χ0) is 14.5. The van der Waals surface area contributed by atoms with Gasteiger partial charge in [-0.2, -0.15) is 0 Å². The van der Waals surface area contributed by atoms with Crippen molar-refractivity contribution in [3.8, 4) is 0 Å². The van der Waals surface area contributed by atoms with E-state index in [4.69, 9.17) is 8.83 Å². The maximum absolute atomic E-state index is 11.7. The molecule has 0 fully saturated rings. The van der Waals surface area contributed by atoms with E-state index in [1.165, 1.54) is 0 Å². The first kappa shape index (κ1) is 14.4. The Bertz CT molecular complexity index is 558. The van der Waals surface area contributed by atoms with E-state index in [1.54, 1.807) is 12.3 Å². The predicted octanol–water partition coefficient (Wildman–Crippen LogP) is 2.46. The van der Waals surface area contributed by atoms with Gasteiger partial charge in [0.2, 0.25) is 5.91 Å². The molecule has 0 aliphatic carbocycles. The van der Waals surface area contributed by atoms with E-state index in [0.29, 0.717) is 6.54 Å². The maximum atomic E-state index is 11.7. The van der Waals surface area contributed by atoms with Gasteiger partial charge in [0, 0.05) is 11.6 Å². The molecule has 0 aliphatic heterocycles. The van der Waals surface area contributed by atoms with Gasteiger partial charge in [0.15, 0.2) is 0 Å². The summed E-state index contributed by atoms with van der Waals surface area (Å²) in [6.07, 6.45) is 1.59. The molecule has 0 aromatic carbocycles. The molecule has 5 nitrogen and oxygen atoms in total. The third-order valence-electron chi connectivity index (χ3n) is 3.15. The minimum atomic E-state index is -0.0638. The fourth-order valence-electron chi connectivity index (χ4n) is 2.10. The van der Waals surface area contributed by atoms with Crippen LogP contribution in [0.15, 0.2) is 33.3 Å². The lowest BCUT2D eigenvalue weighted by Gasteiger charge is -2.12. The molecule has 1 amide bonds. The van der Waals surface area contributed by atoms with Crippen LogP contribution in [0.4, 0.5) is 0 Å². The molecule has 0 unspecified atom stereocenters. The summed E-state index contributed by atoms with van der Waals surface area (Å²) >= 11 is 0. The van der Waals surface area contributed by atoms with Crippen LogP contribution in [0.2, 0.25) is 0 Å². The zero-order valence-electron chi connectivity index (χ0n) is 12.0. The summed E-state index contributed by atoms with van der Waals surface area (Å²) in [6.45, 7) is 6.52. The summed E-state index contributed by atoms with van der Waals surface area (Å²) in [5.74, 6) is 2.45. The normalized spacial score (nSPS) is 12.3. The Balaban J connectivity index is 1.76. The van der Waals surface area contributed by atoms with Crippen LogP contribution in [0, 0.1) is 13.8 Å². The highest BCUT2D eigenvalue weighted by Crippen LogP contribution is 2.20. The Labute approximate surface area is 118 Å². The van der Waals surface area contributed by atoms with Crippen LogP contribution in [0.3, 0.4) is 0 Å². The Morgan fingerprint density at radius 2 is 2.20 bits per heavy atom. The quantitative estimate of drug-likeness (QED) is 0.850. The van der Waals surface area contributed by atoms with Crippen molar-refractivity contribution in [2.24, 2.45) is 0 Å². The SMILES string of the molecule is Cc1cc([C@H](C)NCC(=O)NCc2ccco2)c(C)o1. The van der Waals surface area contributed by atoms with Crippen LogP contribution in [0.1, 0.15) is 35.8 Å². The van der Waals surface area contributed by atoms with Gasteiger partial charge in [-0.25, -0.2) is 0 Å². The third kappa shape index (κ3) is 3.74. The highest BCUT2D eigenvalue weighted by atomic mass is 16.3. The predicted molar refractivity (Wildman–Crippen MR) is 75.2 cm³/mol. The molecule has 0 bridgehead atoms. The van der Waals surface area contributed by atoms with Crippen LogP contribution in [-0.4, -0.2) is 12.5 Å². The first-order chi connectivity index (χ1) is 9.56. The fraction of sp³-hybridized carbons (Fsp3) is 0.400. The smallest absolute Gasteiger partial charge is 0.234 e. The van der Waals surface area contributed by atoms with Gasteiger partial charge < -0.3 is 19.5 Å². The lowest BCUT2D eigenvalue weighted by molar-refractivity contribution is -0.120. The lowest BCUT2D eigenvalue weighted by Crippen LogP contribution is -2.34. The Morgan fingerprint density at radius 1 is 1.40 bits per heavy atom. The van der Waals surface area contributed by atoms with Gasteiger partial charge in [-0.15, -0.1) is 0 Å². The van der Waals surface area contributed by atoms with Crippen molar-refractivity contribution in [2.75, 3.05) is 6.54 Å². The van der Waals surface area contributed by atoms with E-state index in [1.807, 2.05) is 32.9 Å². The summed E-state index contributed by atoms with van der Waals surface area (Å²) in [5, 5.41) is 5.97. The van der Waals surface area contributed by atoms with E-state index < -0.39 is 0 Å². The summed E-state index contributed by atoms with van der Waals surface area (Å²) in [7, 11) is 0. The van der Waals surface area contributed by atoms with Gasteiger partial charge in [0.1, 0.15) is 17.3 Å². The van der Waals surface area contributed by atoms with Crippen molar-refractivity contribution >= 4 is 5.91 Å². The van der Waals surface area contributed by atoms with Gasteiger partial charge in [-0.05, 0) is 39.0 Å². The van der Waals surface area contributed by atoms with Crippen LogP contribution < -0.4 is 10.6 Å². The number of nitrogens with one attached hydrogen (secondary N) is 2. The van der Waals surface area contributed by atoms with Crippen molar-refractivity contribution in [1.82, 2.24) is 10.6 Å². The molecule has 5 heteroatoms. The molecule has 2 N–H and O–H groups in total. The van der Waals surface area contributed by atoms with Crippen LogP contribution in [0.5, 0.6) is 0 Å². The Kier molecular flexibility index (Phi) is 4.63. The highest BCUT2D eigenvalue weighted by molar-refractivity contribution is 5.77. The van der Waals surface area contributed by atoms with E-state index in [0.717, 1.165) is 22.8 Å². The van der Waals surface area contributed by atoms with Gasteiger partial charge in [-0.3, -0.25) is 4.79 Å². The molecule has 2 heterocycles.